The molecule has 0 aliphatic carbocycles. The van der Waals surface area contributed by atoms with E-state index in [4.69, 9.17) is 4.74 Å². The van der Waals surface area contributed by atoms with E-state index >= 15 is 0 Å². The van der Waals surface area contributed by atoms with Gasteiger partial charge in [-0.2, -0.15) is 0 Å². The molecule has 0 saturated heterocycles. The third-order valence-corrected chi connectivity index (χ3v) is 6.18. The van der Waals surface area contributed by atoms with Crippen LogP contribution < -0.4 is 14.8 Å². The molecule has 0 saturated carbocycles. The average Bonchev–Trinajstić information content (AvgIpc) is 3.35. The molecule has 0 radical (unpaired) electrons. The Morgan fingerprint density at radius 1 is 0.906 bits per heavy atom. The summed E-state index contributed by atoms with van der Waals surface area (Å²) in [5.74, 6) is 1.45. The molecule has 32 heavy (non-hydrogen) atoms. The maximum atomic E-state index is 13.0. The van der Waals surface area contributed by atoms with Crippen LogP contribution in [0.2, 0.25) is 0 Å². The zero-order valence-electron chi connectivity index (χ0n) is 17.6. The van der Waals surface area contributed by atoms with Crippen LogP contribution >= 0.6 is 11.3 Å². The number of benzene rings is 3. The third-order valence-electron chi connectivity index (χ3n) is 5.22. The number of aryl methyl sites for hydroxylation is 1. The molecule has 0 bridgehead atoms. The molecule has 0 aliphatic rings. The second kappa shape index (κ2) is 8.77. The fourth-order valence-corrected chi connectivity index (χ4v) is 4.40. The summed E-state index contributed by atoms with van der Waals surface area (Å²) in [5, 5.41) is 8.42. The normalized spacial score (nSPS) is 11.8. The Kier molecular flexibility index (Phi) is 5.52. The molecule has 0 amide bonds. The van der Waals surface area contributed by atoms with Gasteiger partial charge in [0.25, 0.3) is 5.56 Å². The van der Waals surface area contributed by atoms with Gasteiger partial charge in [-0.05, 0) is 41.8 Å². The fraction of sp³-hybridized carbons (Fsp3) is 0.115. The average molecular weight is 440 g/mol. The molecule has 0 fully saturated rings. The van der Waals surface area contributed by atoms with Gasteiger partial charge in [0.15, 0.2) is 0 Å². The molecule has 5 aromatic rings. The van der Waals surface area contributed by atoms with E-state index in [0.29, 0.717) is 28.3 Å². The van der Waals surface area contributed by atoms with Gasteiger partial charge in [0.1, 0.15) is 18.2 Å². The molecule has 2 aromatic heterocycles. The second-order valence-electron chi connectivity index (χ2n) is 7.66. The minimum atomic E-state index is -0.0828. The zero-order valence-corrected chi connectivity index (χ0v) is 18.4. The number of fused-ring (bicyclic) bond motifs is 1. The van der Waals surface area contributed by atoms with Crippen LogP contribution in [0, 0.1) is 6.92 Å². The number of thiazole rings is 1. The smallest absolute Gasteiger partial charge is 0.275 e. The van der Waals surface area contributed by atoms with Crippen molar-refractivity contribution in [2.24, 2.45) is 0 Å². The van der Waals surface area contributed by atoms with E-state index in [-0.39, 0.29) is 5.56 Å². The summed E-state index contributed by atoms with van der Waals surface area (Å²) in [5.41, 5.74) is 4.31. The van der Waals surface area contributed by atoms with Gasteiger partial charge < -0.3 is 4.74 Å². The highest BCUT2D eigenvalue weighted by Crippen LogP contribution is 2.15. The van der Waals surface area contributed by atoms with E-state index in [1.54, 1.807) is 4.40 Å². The Labute approximate surface area is 189 Å². The van der Waals surface area contributed by atoms with E-state index in [9.17, 15) is 4.79 Å². The van der Waals surface area contributed by atoms with Crippen molar-refractivity contribution in [3.8, 4) is 5.75 Å². The molecule has 0 N–H and O–H groups in total. The SMILES string of the molecule is Cc1ccc(COc2ccc(/C=c3\sc4nnc(Cc5ccccc5)n4c3=O)cc2)cc1. The number of ether oxygens (including phenoxy) is 1. The topological polar surface area (TPSA) is 56.5 Å². The van der Waals surface area contributed by atoms with Gasteiger partial charge in [0.05, 0.1) is 4.53 Å². The van der Waals surface area contributed by atoms with Crippen molar-refractivity contribution in [2.75, 3.05) is 0 Å². The first-order valence-corrected chi connectivity index (χ1v) is 11.2. The van der Waals surface area contributed by atoms with Gasteiger partial charge >= 0.3 is 0 Å². The number of hydrogen-bond acceptors (Lipinski definition) is 5. The van der Waals surface area contributed by atoms with Crippen LogP contribution in [0.15, 0.2) is 83.7 Å². The molecule has 0 aliphatic heterocycles. The van der Waals surface area contributed by atoms with Crippen LogP contribution in [0.25, 0.3) is 11.0 Å². The lowest BCUT2D eigenvalue weighted by molar-refractivity contribution is 0.306. The largest absolute Gasteiger partial charge is 0.489 e. The third kappa shape index (κ3) is 4.31. The van der Waals surface area contributed by atoms with Crippen molar-refractivity contribution in [1.29, 1.82) is 0 Å². The lowest BCUT2D eigenvalue weighted by Gasteiger charge is -2.06. The van der Waals surface area contributed by atoms with Gasteiger partial charge in [-0.25, -0.2) is 4.40 Å². The Morgan fingerprint density at radius 3 is 2.41 bits per heavy atom. The molecule has 0 unspecified atom stereocenters. The number of rotatable bonds is 6. The highest BCUT2D eigenvalue weighted by atomic mass is 32.1. The van der Waals surface area contributed by atoms with Crippen LogP contribution in [0.4, 0.5) is 0 Å². The summed E-state index contributed by atoms with van der Waals surface area (Å²) in [6, 6.07) is 26.0. The van der Waals surface area contributed by atoms with Crippen molar-refractivity contribution in [3.63, 3.8) is 0 Å². The van der Waals surface area contributed by atoms with Crippen molar-refractivity contribution in [3.05, 3.63) is 122 Å². The first-order valence-electron chi connectivity index (χ1n) is 10.4. The zero-order chi connectivity index (χ0) is 21.9. The van der Waals surface area contributed by atoms with Crippen LogP contribution in [0.5, 0.6) is 5.75 Å². The first-order chi connectivity index (χ1) is 15.7. The number of aromatic nitrogens is 3. The molecule has 6 heteroatoms. The van der Waals surface area contributed by atoms with Gasteiger partial charge in [-0.3, -0.25) is 4.79 Å². The van der Waals surface area contributed by atoms with Crippen molar-refractivity contribution in [1.82, 2.24) is 14.6 Å². The lowest BCUT2D eigenvalue weighted by Crippen LogP contribution is -2.24. The number of nitrogens with zero attached hydrogens (tertiary/aromatic N) is 3. The predicted octanol–water partition coefficient (Wildman–Crippen LogP) is 4.18. The molecule has 2 heterocycles. The maximum absolute atomic E-state index is 13.0. The fourth-order valence-electron chi connectivity index (χ4n) is 3.47. The summed E-state index contributed by atoms with van der Waals surface area (Å²) in [7, 11) is 0. The van der Waals surface area contributed by atoms with Crippen LogP contribution in [-0.2, 0) is 13.0 Å². The molecule has 3 aromatic carbocycles. The minimum absolute atomic E-state index is 0.0828. The summed E-state index contributed by atoms with van der Waals surface area (Å²) in [4.78, 5) is 13.6. The minimum Gasteiger partial charge on any atom is -0.489 e. The molecular weight excluding hydrogens is 418 g/mol. The van der Waals surface area contributed by atoms with Crippen molar-refractivity contribution >= 4 is 22.4 Å². The predicted molar refractivity (Wildman–Crippen MR) is 127 cm³/mol. The molecule has 158 valence electrons. The lowest BCUT2D eigenvalue weighted by atomic mass is 10.1. The quantitative estimate of drug-likeness (QED) is 0.398. The second-order valence-corrected chi connectivity index (χ2v) is 8.66. The summed E-state index contributed by atoms with van der Waals surface area (Å²) in [6.45, 7) is 2.59. The van der Waals surface area contributed by atoms with Crippen LogP contribution in [0.3, 0.4) is 0 Å². The highest BCUT2D eigenvalue weighted by molar-refractivity contribution is 7.15. The Morgan fingerprint density at radius 2 is 1.66 bits per heavy atom. The molecular formula is C26H21N3O2S. The Hall–Kier alpha value is -3.77. The first kappa shape index (κ1) is 20.2. The Bertz CT molecular complexity index is 1450. The van der Waals surface area contributed by atoms with Crippen molar-refractivity contribution < 1.29 is 4.74 Å². The summed E-state index contributed by atoms with van der Waals surface area (Å²) in [6.07, 6.45) is 2.46. The van der Waals surface area contributed by atoms with E-state index in [0.717, 1.165) is 22.4 Å². The van der Waals surface area contributed by atoms with Gasteiger partial charge in [0, 0.05) is 6.42 Å². The van der Waals surface area contributed by atoms with Gasteiger partial charge in [-0.1, -0.05) is 83.6 Å². The summed E-state index contributed by atoms with van der Waals surface area (Å²) < 4.78 is 8.12. The van der Waals surface area contributed by atoms with Crippen LogP contribution in [0.1, 0.15) is 28.1 Å². The number of hydrogen-bond donors (Lipinski definition) is 0. The molecule has 5 rings (SSSR count). The van der Waals surface area contributed by atoms with E-state index in [2.05, 4.69) is 41.4 Å². The summed E-state index contributed by atoms with van der Waals surface area (Å²) >= 11 is 1.35. The highest BCUT2D eigenvalue weighted by Gasteiger charge is 2.12. The maximum Gasteiger partial charge on any atom is 0.275 e. The monoisotopic (exact) mass is 439 g/mol. The van der Waals surface area contributed by atoms with Gasteiger partial charge in [0.2, 0.25) is 4.96 Å². The molecule has 0 atom stereocenters. The van der Waals surface area contributed by atoms with E-state index in [1.165, 1.54) is 16.9 Å². The van der Waals surface area contributed by atoms with Crippen molar-refractivity contribution in [2.45, 2.75) is 20.0 Å². The van der Waals surface area contributed by atoms with E-state index < -0.39 is 0 Å². The molecule has 0 spiro atoms. The standard InChI is InChI=1S/C26H21N3O2S/c1-18-7-9-21(10-8-18)17-31-22-13-11-20(12-14-22)15-23-25(30)29-24(27-28-26(29)32-23)16-19-5-3-2-4-6-19/h2-15H,16-17H2,1H3/b23-15-. The van der Waals surface area contributed by atoms with Gasteiger partial charge in [-0.15, -0.1) is 10.2 Å². The molecule has 5 nitrogen and oxygen atoms in total. The van der Waals surface area contributed by atoms with E-state index in [1.807, 2.05) is 60.7 Å². The Balaban J connectivity index is 1.35. The van der Waals surface area contributed by atoms with Crippen LogP contribution in [-0.4, -0.2) is 14.6 Å².